The number of amides is 3. The van der Waals surface area contributed by atoms with Gasteiger partial charge in [-0.05, 0) is 31.9 Å². The van der Waals surface area contributed by atoms with Crippen LogP contribution in [0.1, 0.15) is 26.7 Å². The Morgan fingerprint density at radius 2 is 1.56 bits per heavy atom. The van der Waals surface area contributed by atoms with Crippen molar-refractivity contribution in [2.75, 3.05) is 37.6 Å². The van der Waals surface area contributed by atoms with E-state index in [2.05, 4.69) is 0 Å². The van der Waals surface area contributed by atoms with Crippen molar-refractivity contribution in [3.05, 3.63) is 30.3 Å². The topological polar surface area (TPSA) is 60.9 Å². The summed E-state index contributed by atoms with van der Waals surface area (Å²) < 4.78 is 0. The summed E-state index contributed by atoms with van der Waals surface area (Å²) in [5.41, 5.74) is -0.0694. The third-order valence-corrected chi connectivity index (χ3v) is 5.21. The molecule has 0 spiro atoms. The molecule has 6 heteroatoms. The van der Waals surface area contributed by atoms with Crippen molar-refractivity contribution >= 4 is 23.4 Å². The Morgan fingerprint density at radius 1 is 1.00 bits per heavy atom. The molecule has 2 fully saturated rings. The van der Waals surface area contributed by atoms with Crippen LogP contribution in [0.25, 0.3) is 0 Å². The minimum atomic E-state index is -0.899. The lowest BCUT2D eigenvalue weighted by Gasteiger charge is -2.36. The molecule has 1 aromatic rings. The van der Waals surface area contributed by atoms with Gasteiger partial charge < -0.3 is 14.7 Å². The number of rotatable bonds is 4. The van der Waals surface area contributed by atoms with Crippen LogP contribution in [0.5, 0.6) is 0 Å². The van der Waals surface area contributed by atoms with Crippen LogP contribution in [0.2, 0.25) is 0 Å². The first kappa shape index (κ1) is 17.5. The first-order valence-corrected chi connectivity index (χ1v) is 8.91. The lowest BCUT2D eigenvalue weighted by molar-refractivity contribution is -0.146. The Balaban J connectivity index is 1.72. The molecule has 0 atom stereocenters. The van der Waals surface area contributed by atoms with E-state index in [4.69, 9.17) is 0 Å². The quantitative estimate of drug-likeness (QED) is 0.779. The highest BCUT2D eigenvalue weighted by atomic mass is 16.2. The van der Waals surface area contributed by atoms with Crippen LogP contribution in [0.3, 0.4) is 0 Å². The molecule has 1 saturated heterocycles. The predicted molar refractivity (Wildman–Crippen MR) is 95.0 cm³/mol. The molecule has 0 aromatic heterocycles. The molecule has 1 heterocycles. The Kier molecular flexibility index (Phi) is 4.79. The molecule has 3 rings (SSSR count). The van der Waals surface area contributed by atoms with E-state index >= 15 is 0 Å². The number of para-hydroxylation sites is 1. The highest BCUT2D eigenvalue weighted by Crippen LogP contribution is 2.49. The Morgan fingerprint density at radius 3 is 2.04 bits per heavy atom. The molecule has 3 amide bonds. The summed E-state index contributed by atoms with van der Waals surface area (Å²) in [6.07, 6.45) is 1.22. The summed E-state index contributed by atoms with van der Waals surface area (Å²) >= 11 is 0. The van der Waals surface area contributed by atoms with Gasteiger partial charge in [0, 0.05) is 45.3 Å². The third kappa shape index (κ3) is 3.25. The van der Waals surface area contributed by atoms with Gasteiger partial charge in [-0.3, -0.25) is 14.4 Å². The second-order valence-corrected chi connectivity index (χ2v) is 6.77. The monoisotopic (exact) mass is 343 g/mol. The van der Waals surface area contributed by atoms with Crippen molar-refractivity contribution < 1.29 is 14.4 Å². The summed E-state index contributed by atoms with van der Waals surface area (Å²) in [5.74, 6) is -0.138. The van der Waals surface area contributed by atoms with Crippen LogP contribution in [0.15, 0.2) is 30.3 Å². The van der Waals surface area contributed by atoms with Gasteiger partial charge in [0.2, 0.25) is 17.7 Å². The molecule has 0 N–H and O–H groups in total. The van der Waals surface area contributed by atoms with Crippen LogP contribution in [0.4, 0.5) is 5.69 Å². The number of anilines is 1. The van der Waals surface area contributed by atoms with Crippen LogP contribution < -0.4 is 4.90 Å². The van der Waals surface area contributed by atoms with Crippen LogP contribution in [-0.2, 0) is 14.4 Å². The maximum atomic E-state index is 13.1. The van der Waals surface area contributed by atoms with Crippen molar-refractivity contribution in [3.63, 3.8) is 0 Å². The Hall–Kier alpha value is -2.37. The van der Waals surface area contributed by atoms with Gasteiger partial charge in [0.05, 0.1) is 0 Å². The Bertz CT molecular complexity index is 662. The van der Waals surface area contributed by atoms with E-state index in [0.29, 0.717) is 45.6 Å². The highest BCUT2D eigenvalue weighted by Gasteiger charge is 2.59. The van der Waals surface area contributed by atoms with Crippen molar-refractivity contribution in [1.82, 2.24) is 9.80 Å². The Labute approximate surface area is 148 Å². The number of benzene rings is 1. The van der Waals surface area contributed by atoms with Crippen LogP contribution in [0, 0.1) is 5.41 Å². The molecule has 1 aliphatic carbocycles. The van der Waals surface area contributed by atoms with Gasteiger partial charge in [0.15, 0.2) is 0 Å². The van der Waals surface area contributed by atoms with Gasteiger partial charge in [-0.15, -0.1) is 0 Å². The summed E-state index contributed by atoms with van der Waals surface area (Å²) in [7, 11) is 0. The number of nitrogens with zero attached hydrogens (tertiary/aromatic N) is 3. The fraction of sp³-hybridized carbons (Fsp3) is 0.526. The first-order chi connectivity index (χ1) is 12.0. The van der Waals surface area contributed by atoms with Crippen molar-refractivity contribution in [2.45, 2.75) is 26.7 Å². The second-order valence-electron chi connectivity index (χ2n) is 6.77. The smallest absolute Gasteiger partial charge is 0.242 e. The van der Waals surface area contributed by atoms with E-state index in [1.54, 1.807) is 21.6 Å². The number of piperazine rings is 1. The summed E-state index contributed by atoms with van der Waals surface area (Å²) in [6.45, 7) is 6.11. The fourth-order valence-corrected chi connectivity index (χ4v) is 3.48. The lowest BCUT2D eigenvalue weighted by atomic mass is 10.0. The first-order valence-electron chi connectivity index (χ1n) is 8.91. The van der Waals surface area contributed by atoms with Crippen molar-refractivity contribution in [2.24, 2.45) is 5.41 Å². The van der Waals surface area contributed by atoms with Crippen molar-refractivity contribution in [3.8, 4) is 0 Å². The molecule has 0 bridgehead atoms. The molecular formula is C19H25N3O3. The van der Waals surface area contributed by atoms with E-state index in [9.17, 15) is 14.4 Å². The fourth-order valence-electron chi connectivity index (χ4n) is 3.48. The van der Waals surface area contributed by atoms with Crippen LogP contribution in [-0.4, -0.2) is 60.2 Å². The summed E-state index contributed by atoms with van der Waals surface area (Å²) in [5, 5.41) is 0. The van der Waals surface area contributed by atoms with E-state index in [1.165, 1.54) is 0 Å². The largest absolute Gasteiger partial charge is 0.339 e. The normalized spacial score (nSPS) is 18.6. The van der Waals surface area contributed by atoms with Gasteiger partial charge in [-0.1, -0.05) is 18.2 Å². The number of hydrogen-bond donors (Lipinski definition) is 0. The zero-order valence-electron chi connectivity index (χ0n) is 14.9. The summed E-state index contributed by atoms with van der Waals surface area (Å²) in [4.78, 5) is 42.8. The molecule has 1 aliphatic heterocycles. The van der Waals surface area contributed by atoms with Gasteiger partial charge in [0.1, 0.15) is 5.41 Å². The molecule has 25 heavy (non-hydrogen) atoms. The van der Waals surface area contributed by atoms with E-state index in [0.717, 1.165) is 5.69 Å². The van der Waals surface area contributed by atoms with E-state index in [-0.39, 0.29) is 17.7 Å². The average Bonchev–Trinajstić information content (AvgIpc) is 3.44. The van der Waals surface area contributed by atoms with Crippen molar-refractivity contribution in [1.29, 1.82) is 0 Å². The number of hydrogen-bond acceptors (Lipinski definition) is 3. The zero-order valence-corrected chi connectivity index (χ0v) is 14.9. The number of carbonyl (C=O) groups is 3. The molecule has 1 aromatic carbocycles. The van der Waals surface area contributed by atoms with Gasteiger partial charge >= 0.3 is 0 Å². The molecule has 0 unspecified atom stereocenters. The van der Waals surface area contributed by atoms with E-state index in [1.807, 2.05) is 37.3 Å². The zero-order chi connectivity index (χ0) is 18.0. The minimum Gasteiger partial charge on any atom is -0.339 e. The minimum absolute atomic E-state index is 0.0329. The standard InChI is InChI=1S/C19H25N3O3/c1-3-22(16-7-5-4-6-8-16)18(25)19(9-10-19)17(24)21-13-11-20(12-14-21)15(2)23/h4-8H,3,9-14H2,1-2H3. The molecule has 1 saturated carbocycles. The highest BCUT2D eigenvalue weighted by molar-refractivity contribution is 6.14. The molecular weight excluding hydrogens is 318 g/mol. The molecule has 6 nitrogen and oxygen atoms in total. The molecule has 134 valence electrons. The van der Waals surface area contributed by atoms with Gasteiger partial charge in [-0.2, -0.15) is 0 Å². The maximum absolute atomic E-state index is 13.1. The molecule has 2 aliphatic rings. The lowest BCUT2D eigenvalue weighted by Crippen LogP contribution is -2.54. The number of carbonyl (C=O) groups excluding carboxylic acids is 3. The SMILES string of the molecule is CCN(C(=O)C1(C(=O)N2CCN(C(C)=O)CC2)CC1)c1ccccc1. The molecule has 0 radical (unpaired) electrons. The van der Waals surface area contributed by atoms with Gasteiger partial charge in [-0.25, -0.2) is 0 Å². The van der Waals surface area contributed by atoms with Gasteiger partial charge in [0.25, 0.3) is 0 Å². The average molecular weight is 343 g/mol. The van der Waals surface area contributed by atoms with E-state index < -0.39 is 5.41 Å². The summed E-state index contributed by atoms with van der Waals surface area (Å²) in [6, 6.07) is 9.50. The predicted octanol–water partition coefficient (Wildman–Crippen LogP) is 1.51. The van der Waals surface area contributed by atoms with Crippen LogP contribution >= 0.6 is 0 Å². The third-order valence-electron chi connectivity index (χ3n) is 5.21. The second kappa shape index (κ2) is 6.86. The maximum Gasteiger partial charge on any atom is 0.242 e.